The predicted molar refractivity (Wildman–Crippen MR) is 111 cm³/mol. The summed E-state index contributed by atoms with van der Waals surface area (Å²) in [6, 6.07) is 24.9. The molecule has 2 aliphatic rings. The van der Waals surface area contributed by atoms with Crippen molar-refractivity contribution in [1.29, 1.82) is 0 Å². The molecule has 30 heavy (non-hydrogen) atoms. The lowest BCUT2D eigenvalue weighted by Gasteiger charge is -2.29. The zero-order valence-electron chi connectivity index (χ0n) is 16.2. The van der Waals surface area contributed by atoms with Crippen molar-refractivity contribution >= 4 is 23.2 Å². The van der Waals surface area contributed by atoms with Gasteiger partial charge in [-0.3, -0.25) is 19.7 Å². The summed E-state index contributed by atoms with van der Waals surface area (Å²) in [6.45, 7) is 1.85. The maximum Gasteiger partial charge on any atom is 0.269 e. The number of nitrogens with zero attached hydrogens (tertiary/aromatic N) is 2. The number of amides is 2. The number of fused-ring (bicyclic) bond motifs is 1. The molecule has 2 amide bonds. The number of imide groups is 1. The third-order valence-electron chi connectivity index (χ3n) is 6.64. The van der Waals surface area contributed by atoms with Crippen molar-refractivity contribution in [3.63, 3.8) is 0 Å². The molecule has 3 aromatic rings. The fraction of sp³-hybridized carbons (Fsp3) is 0.167. The quantitative estimate of drug-likeness (QED) is 0.377. The highest BCUT2D eigenvalue weighted by molar-refractivity contribution is 6.29. The summed E-state index contributed by atoms with van der Waals surface area (Å²) in [5, 5.41) is 10.9. The highest BCUT2D eigenvalue weighted by atomic mass is 16.6. The highest BCUT2D eigenvalue weighted by Gasteiger charge is 2.86. The third kappa shape index (κ3) is 2.08. The van der Waals surface area contributed by atoms with Gasteiger partial charge in [-0.1, -0.05) is 60.7 Å². The first-order chi connectivity index (χ1) is 14.4. The molecular formula is C24H18N2O4. The standard InChI is InChI=1S/C24H18N2O4/c1-23-20(21(27)25(22(23)28)18-12-14-19(15-13-18)26(29)30)24(23,16-8-4-2-5-9-16)17-10-6-3-7-11-17/h2-15,20H,1H3/t20-,23-/m1/s1. The molecule has 1 saturated heterocycles. The van der Waals surface area contributed by atoms with E-state index in [-0.39, 0.29) is 17.5 Å². The molecule has 3 aromatic carbocycles. The lowest BCUT2D eigenvalue weighted by molar-refractivity contribution is -0.384. The molecule has 0 unspecified atom stereocenters. The second kappa shape index (κ2) is 6.10. The number of hydrogen-bond acceptors (Lipinski definition) is 4. The van der Waals surface area contributed by atoms with E-state index in [1.54, 1.807) is 0 Å². The molecule has 1 saturated carbocycles. The number of carbonyl (C=O) groups excluding carboxylic acids is 2. The summed E-state index contributed by atoms with van der Waals surface area (Å²) in [6.07, 6.45) is 0. The Kier molecular flexibility index (Phi) is 3.71. The second-order valence-electron chi connectivity index (χ2n) is 7.93. The summed E-state index contributed by atoms with van der Waals surface area (Å²) >= 11 is 0. The van der Waals surface area contributed by atoms with Crippen molar-refractivity contribution in [2.45, 2.75) is 12.3 Å². The number of piperidine rings is 1. The van der Waals surface area contributed by atoms with E-state index in [1.807, 2.05) is 67.6 Å². The summed E-state index contributed by atoms with van der Waals surface area (Å²) in [5.74, 6) is -1.08. The molecule has 1 aliphatic carbocycles. The molecule has 148 valence electrons. The number of anilines is 1. The van der Waals surface area contributed by atoms with Crippen LogP contribution in [0.3, 0.4) is 0 Å². The normalized spacial score (nSPS) is 23.9. The Morgan fingerprint density at radius 3 is 1.73 bits per heavy atom. The highest BCUT2D eigenvalue weighted by Crippen LogP contribution is 2.76. The first-order valence-electron chi connectivity index (χ1n) is 9.68. The fourth-order valence-corrected chi connectivity index (χ4v) is 5.27. The van der Waals surface area contributed by atoms with E-state index < -0.39 is 21.7 Å². The first-order valence-corrected chi connectivity index (χ1v) is 9.68. The van der Waals surface area contributed by atoms with Crippen LogP contribution >= 0.6 is 0 Å². The molecule has 0 spiro atoms. The lowest BCUT2D eigenvalue weighted by Crippen LogP contribution is -2.42. The van der Waals surface area contributed by atoms with E-state index >= 15 is 0 Å². The van der Waals surface area contributed by atoms with Gasteiger partial charge in [-0.2, -0.15) is 0 Å². The van der Waals surface area contributed by atoms with Crippen molar-refractivity contribution in [2.24, 2.45) is 11.3 Å². The molecule has 2 fully saturated rings. The average Bonchev–Trinajstić information content (AvgIpc) is 3.30. The minimum Gasteiger partial charge on any atom is -0.274 e. The van der Waals surface area contributed by atoms with Crippen LogP contribution in [0.5, 0.6) is 0 Å². The van der Waals surface area contributed by atoms with E-state index in [2.05, 4.69) is 0 Å². The van der Waals surface area contributed by atoms with Crippen molar-refractivity contribution in [1.82, 2.24) is 0 Å². The molecule has 2 atom stereocenters. The molecule has 0 radical (unpaired) electrons. The third-order valence-corrected chi connectivity index (χ3v) is 6.64. The molecule has 0 aromatic heterocycles. The van der Waals surface area contributed by atoms with Crippen LogP contribution in [0, 0.1) is 21.4 Å². The molecule has 0 bridgehead atoms. The van der Waals surface area contributed by atoms with Gasteiger partial charge in [0.1, 0.15) is 0 Å². The minimum atomic E-state index is -0.922. The Morgan fingerprint density at radius 1 is 0.833 bits per heavy atom. The average molecular weight is 398 g/mol. The van der Waals surface area contributed by atoms with E-state index in [0.717, 1.165) is 11.1 Å². The van der Waals surface area contributed by atoms with Crippen LogP contribution in [0.2, 0.25) is 0 Å². The first kappa shape index (κ1) is 18.2. The number of hydrogen-bond donors (Lipinski definition) is 0. The Bertz CT molecular complexity index is 1140. The van der Waals surface area contributed by atoms with E-state index in [1.165, 1.54) is 29.2 Å². The monoisotopic (exact) mass is 398 g/mol. The van der Waals surface area contributed by atoms with Crippen LogP contribution in [0.15, 0.2) is 84.9 Å². The number of nitro benzene ring substituents is 1. The molecule has 1 heterocycles. The summed E-state index contributed by atoms with van der Waals surface area (Å²) < 4.78 is 0. The van der Waals surface area contributed by atoms with Gasteiger partial charge < -0.3 is 0 Å². The fourth-order valence-electron chi connectivity index (χ4n) is 5.27. The van der Waals surface area contributed by atoms with Crippen LogP contribution in [0.1, 0.15) is 18.1 Å². The van der Waals surface area contributed by atoms with Gasteiger partial charge in [0.25, 0.3) is 5.69 Å². The maximum absolute atomic E-state index is 13.6. The second-order valence-corrected chi connectivity index (χ2v) is 7.93. The van der Waals surface area contributed by atoms with Gasteiger partial charge in [-0.05, 0) is 30.2 Å². The van der Waals surface area contributed by atoms with Crippen LogP contribution in [-0.4, -0.2) is 16.7 Å². The molecule has 6 nitrogen and oxygen atoms in total. The number of non-ortho nitro benzene ring substituents is 1. The zero-order chi connectivity index (χ0) is 21.1. The van der Waals surface area contributed by atoms with Crippen LogP contribution < -0.4 is 4.90 Å². The van der Waals surface area contributed by atoms with Gasteiger partial charge in [-0.25, -0.2) is 4.90 Å². The summed E-state index contributed by atoms with van der Waals surface area (Å²) in [4.78, 5) is 38.7. The van der Waals surface area contributed by atoms with Crippen LogP contribution in [0.4, 0.5) is 11.4 Å². The molecule has 5 rings (SSSR count). The zero-order valence-corrected chi connectivity index (χ0v) is 16.2. The van der Waals surface area contributed by atoms with Gasteiger partial charge in [0.15, 0.2) is 0 Å². The largest absolute Gasteiger partial charge is 0.274 e. The van der Waals surface area contributed by atoms with Gasteiger partial charge in [0, 0.05) is 17.5 Å². The van der Waals surface area contributed by atoms with Gasteiger partial charge in [-0.15, -0.1) is 0 Å². The van der Waals surface area contributed by atoms with E-state index in [9.17, 15) is 19.7 Å². The molecule has 1 aliphatic heterocycles. The van der Waals surface area contributed by atoms with Crippen molar-refractivity contribution in [3.05, 3.63) is 106 Å². The van der Waals surface area contributed by atoms with E-state index in [4.69, 9.17) is 0 Å². The maximum atomic E-state index is 13.6. The van der Waals surface area contributed by atoms with Gasteiger partial charge in [0.05, 0.1) is 21.9 Å². The molecular weight excluding hydrogens is 380 g/mol. The Labute approximate surface area is 172 Å². The van der Waals surface area contributed by atoms with E-state index in [0.29, 0.717) is 5.69 Å². The summed E-state index contributed by atoms with van der Waals surface area (Å²) in [7, 11) is 0. The number of carbonyl (C=O) groups is 2. The summed E-state index contributed by atoms with van der Waals surface area (Å²) in [5.41, 5.74) is 0.508. The minimum absolute atomic E-state index is 0.0860. The number of rotatable bonds is 4. The molecule has 0 N–H and O–H groups in total. The Hall–Kier alpha value is -3.80. The van der Waals surface area contributed by atoms with Crippen molar-refractivity contribution < 1.29 is 14.5 Å². The van der Waals surface area contributed by atoms with Crippen LogP contribution in [0.25, 0.3) is 0 Å². The van der Waals surface area contributed by atoms with Crippen molar-refractivity contribution in [3.8, 4) is 0 Å². The van der Waals surface area contributed by atoms with Crippen molar-refractivity contribution in [2.75, 3.05) is 4.90 Å². The van der Waals surface area contributed by atoms with Gasteiger partial charge in [0.2, 0.25) is 11.8 Å². The SMILES string of the molecule is C[C@]12C(=O)N(c3ccc([N+](=O)[O-])cc3)C(=O)[C@H]1C2(c1ccccc1)c1ccccc1. The van der Waals surface area contributed by atoms with Gasteiger partial charge >= 0.3 is 0 Å². The number of nitro groups is 1. The molecule has 6 heteroatoms. The lowest BCUT2D eigenvalue weighted by atomic mass is 9.79. The predicted octanol–water partition coefficient (Wildman–Crippen LogP) is 4.09. The van der Waals surface area contributed by atoms with Crippen LogP contribution in [-0.2, 0) is 15.0 Å². The Morgan fingerprint density at radius 2 is 1.33 bits per heavy atom. The number of benzene rings is 3. The Balaban J connectivity index is 1.62. The smallest absolute Gasteiger partial charge is 0.269 e. The topological polar surface area (TPSA) is 80.5 Å².